The summed E-state index contributed by atoms with van der Waals surface area (Å²) in [7, 11) is 0. The summed E-state index contributed by atoms with van der Waals surface area (Å²) in [6.07, 6.45) is -8.56. The summed E-state index contributed by atoms with van der Waals surface area (Å²) in [5.74, 6) is -1.37. The van der Waals surface area contributed by atoms with E-state index in [1.54, 1.807) is 6.92 Å². The molecule has 5 N–H and O–H groups in total. The highest BCUT2D eigenvalue weighted by molar-refractivity contribution is 5.86. The van der Waals surface area contributed by atoms with Gasteiger partial charge in [-0.1, -0.05) is 0 Å². The summed E-state index contributed by atoms with van der Waals surface area (Å²) < 4.78 is 21.4. The molecule has 0 amide bonds. The third-order valence-electron chi connectivity index (χ3n) is 5.28. The van der Waals surface area contributed by atoms with Gasteiger partial charge in [0.05, 0.1) is 6.61 Å². The molecule has 2 heterocycles. The highest BCUT2D eigenvalue weighted by Gasteiger charge is 2.48. The number of carbonyl (C=O) groups is 1. The van der Waals surface area contributed by atoms with Crippen molar-refractivity contribution in [3.63, 3.8) is 0 Å². The lowest BCUT2D eigenvalue weighted by atomic mass is 9.99. The van der Waals surface area contributed by atoms with Gasteiger partial charge < -0.3 is 44.2 Å². The predicted octanol–water partition coefficient (Wildman–Crippen LogP) is 0.621. The minimum absolute atomic E-state index is 0.00344. The fourth-order valence-electron chi connectivity index (χ4n) is 3.58. The third kappa shape index (κ3) is 4.41. The Kier molecular flexibility index (Phi) is 6.44. The summed E-state index contributed by atoms with van der Waals surface area (Å²) in [6.45, 7) is 1.54. The van der Waals surface area contributed by atoms with E-state index in [0.717, 1.165) is 6.07 Å². The first-order chi connectivity index (χ1) is 16.2. The standard InChI is InChI=1S/C23H22O11/c1-2-31-22(30)21-19(28)18(27)20(29)23(34-21)32-12-7-13(25)17-14(26)9-15(33-16(17)8-12)10-3-5-11(24)6-4-10/h3-9,18-21,23-25,27-29H,2H2,1H3/t18-,19+,20+,21-,23+/m0/s1. The van der Waals surface area contributed by atoms with E-state index < -0.39 is 47.9 Å². The van der Waals surface area contributed by atoms with Crippen molar-refractivity contribution in [3.05, 3.63) is 52.7 Å². The monoisotopic (exact) mass is 474 g/mol. The Bertz CT molecular complexity index is 1250. The van der Waals surface area contributed by atoms with E-state index >= 15 is 0 Å². The number of fused-ring (bicyclic) bond motifs is 1. The van der Waals surface area contributed by atoms with Gasteiger partial charge in [0.2, 0.25) is 6.29 Å². The van der Waals surface area contributed by atoms with E-state index in [1.807, 2.05) is 0 Å². The van der Waals surface area contributed by atoms with Crippen LogP contribution in [0.2, 0.25) is 0 Å². The number of hydrogen-bond donors (Lipinski definition) is 5. The molecule has 0 aliphatic carbocycles. The fraction of sp³-hybridized carbons (Fsp3) is 0.304. The first kappa shape index (κ1) is 23.5. The molecule has 1 aliphatic heterocycles. The Labute approximate surface area is 192 Å². The zero-order valence-electron chi connectivity index (χ0n) is 17.8. The summed E-state index contributed by atoms with van der Waals surface area (Å²) in [4.78, 5) is 24.6. The van der Waals surface area contributed by atoms with Crippen molar-refractivity contribution in [2.45, 2.75) is 37.6 Å². The first-order valence-corrected chi connectivity index (χ1v) is 10.3. The van der Waals surface area contributed by atoms with Crippen LogP contribution in [-0.4, -0.2) is 68.8 Å². The second-order valence-corrected chi connectivity index (χ2v) is 7.60. The molecule has 0 radical (unpaired) electrons. The lowest BCUT2D eigenvalue weighted by molar-refractivity contribution is -0.272. The lowest BCUT2D eigenvalue weighted by Crippen LogP contribution is -2.61. The number of phenolic OH excluding ortho intramolecular Hbond substituents is 2. The molecular formula is C23H22O11. The van der Waals surface area contributed by atoms with Crippen LogP contribution < -0.4 is 10.2 Å². The number of benzene rings is 2. The maximum Gasteiger partial charge on any atom is 0.338 e. The van der Waals surface area contributed by atoms with Crippen LogP contribution in [0.25, 0.3) is 22.3 Å². The average Bonchev–Trinajstić information content (AvgIpc) is 2.79. The van der Waals surface area contributed by atoms with Gasteiger partial charge in [-0.3, -0.25) is 4.79 Å². The summed E-state index contributed by atoms with van der Waals surface area (Å²) in [6, 6.07) is 9.42. The van der Waals surface area contributed by atoms with Gasteiger partial charge in [0, 0.05) is 23.8 Å². The van der Waals surface area contributed by atoms with E-state index in [4.69, 9.17) is 18.6 Å². The van der Waals surface area contributed by atoms with Gasteiger partial charge in [-0.25, -0.2) is 4.79 Å². The van der Waals surface area contributed by atoms with Gasteiger partial charge in [0.1, 0.15) is 52.3 Å². The molecule has 1 aliphatic rings. The van der Waals surface area contributed by atoms with E-state index in [9.17, 15) is 35.1 Å². The van der Waals surface area contributed by atoms with Crippen LogP contribution in [0, 0.1) is 0 Å². The first-order valence-electron chi connectivity index (χ1n) is 10.3. The van der Waals surface area contributed by atoms with Crippen molar-refractivity contribution in [2.75, 3.05) is 6.61 Å². The van der Waals surface area contributed by atoms with E-state index in [2.05, 4.69) is 0 Å². The number of aliphatic hydroxyl groups excluding tert-OH is 3. The lowest BCUT2D eigenvalue weighted by Gasteiger charge is -2.38. The Hall–Kier alpha value is -3.64. The number of hydrogen-bond acceptors (Lipinski definition) is 11. The Morgan fingerprint density at radius 3 is 2.38 bits per heavy atom. The predicted molar refractivity (Wildman–Crippen MR) is 115 cm³/mol. The molecule has 34 heavy (non-hydrogen) atoms. The zero-order valence-corrected chi connectivity index (χ0v) is 17.8. The van der Waals surface area contributed by atoms with Gasteiger partial charge in [0.15, 0.2) is 11.5 Å². The number of aromatic hydroxyl groups is 2. The number of esters is 1. The van der Waals surface area contributed by atoms with Gasteiger partial charge in [-0.15, -0.1) is 0 Å². The molecule has 4 rings (SSSR count). The number of carbonyl (C=O) groups excluding carboxylic acids is 1. The molecule has 180 valence electrons. The van der Waals surface area contributed by atoms with Crippen LogP contribution in [0.4, 0.5) is 0 Å². The Morgan fingerprint density at radius 1 is 1.00 bits per heavy atom. The van der Waals surface area contributed by atoms with Gasteiger partial charge in [0.25, 0.3) is 0 Å². The molecule has 5 atom stereocenters. The summed E-state index contributed by atoms with van der Waals surface area (Å²) in [5.41, 5.74) is -0.107. The molecule has 1 aromatic heterocycles. The van der Waals surface area contributed by atoms with Crippen molar-refractivity contribution >= 4 is 16.9 Å². The highest BCUT2D eigenvalue weighted by atomic mass is 16.7. The number of ether oxygens (including phenoxy) is 3. The van der Waals surface area contributed by atoms with Crippen molar-refractivity contribution in [3.8, 4) is 28.6 Å². The molecule has 11 heteroatoms. The van der Waals surface area contributed by atoms with Crippen molar-refractivity contribution in [1.29, 1.82) is 0 Å². The molecule has 0 saturated carbocycles. The average molecular weight is 474 g/mol. The number of aliphatic hydroxyl groups is 3. The number of phenols is 2. The molecular weight excluding hydrogens is 452 g/mol. The summed E-state index contributed by atoms with van der Waals surface area (Å²) >= 11 is 0. The molecule has 1 fully saturated rings. The smallest absolute Gasteiger partial charge is 0.338 e. The second-order valence-electron chi connectivity index (χ2n) is 7.60. The fourth-order valence-corrected chi connectivity index (χ4v) is 3.58. The van der Waals surface area contributed by atoms with Crippen molar-refractivity contribution in [1.82, 2.24) is 0 Å². The van der Waals surface area contributed by atoms with Crippen LogP contribution in [0.1, 0.15) is 6.92 Å². The van der Waals surface area contributed by atoms with Crippen LogP contribution in [0.15, 0.2) is 51.7 Å². The van der Waals surface area contributed by atoms with Crippen LogP contribution in [0.5, 0.6) is 17.2 Å². The topological polar surface area (TPSA) is 176 Å². The molecule has 1 saturated heterocycles. The minimum atomic E-state index is -1.79. The molecule has 2 aromatic carbocycles. The highest BCUT2D eigenvalue weighted by Crippen LogP contribution is 2.33. The minimum Gasteiger partial charge on any atom is -0.508 e. The maximum atomic E-state index is 12.6. The Balaban J connectivity index is 1.68. The largest absolute Gasteiger partial charge is 0.508 e. The molecule has 11 nitrogen and oxygen atoms in total. The third-order valence-corrected chi connectivity index (χ3v) is 5.28. The summed E-state index contributed by atoms with van der Waals surface area (Å²) in [5, 5.41) is 50.2. The van der Waals surface area contributed by atoms with Crippen LogP contribution >= 0.6 is 0 Å². The normalized spacial score (nSPS) is 24.6. The van der Waals surface area contributed by atoms with Crippen molar-refractivity contribution < 1.29 is 49.0 Å². The van der Waals surface area contributed by atoms with E-state index in [-0.39, 0.29) is 34.8 Å². The van der Waals surface area contributed by atoms with Gasteiger partial charge in [-0.2, -0.15) is 0 Å². The van der Waals surface area contributed by atoms with Gasteiger partial charge >= 0.3 is 5.97 Å². The van der Waals surface area contributed by atoms with Crippen LogP contribution in [0.3, 0.4) is 0 Å². The molecule has 0 unspecified atom stereocenters. The van der Waals surface area contributed by atoms with E-state index in [0.29, 0.717) is 5.56 Å². The molecule has 3 aromatic rings. The molecule has 0 spiro atoms. The SMILES string of the molecule is CCOC(=O)[C@H]1O[C@@H](Oc2cc(O)c3c(=O)cc(-c4ccc(O)cc4)oc3c2)[C@H](O)[C@@H](O)[C@H]1O. The Morgan fingerprint density at radius 2 is 1.71 bits per heavy atom. The van der Waals surface area contributed by atoms with Crippen LogP contribution in [-0.2, 0) is 14.3 Å². The zero-order chi connectivity index (χ0) is 24.6. The van der Waals surface area contributed by atoms with E-state index in [1.165, 1.54) is 36.4 Å². The van der Waals surface area contributed by atoms with Gasteiger partial charge in [-0.05, 0) is 31.2 Å². The molecule has 0 bridgehead atoms. The second kappa shape index (κ2) is 9.31. The number of rotatable bonds is 5. The quantitative estimate of drug-likeness (QED) is 0.328. The van der Waals surface area contributed by atoms with Crippen molar-refractivity contribution in [2.24, 2.45) is 0 Å². The maximum absolute atomic E-state index is 12.6.